The van der Waals surface area contributed by atoms with Gasteiger partial charge in [-0.3, -0.25) is 4.79 Å². The van der Waals surface area contributed by atoms with Gasteiger partial charge in [0.25, 0.3) is 0 Å². The molecule has 0 radical (unpaired) electrons. The van der Waals surface area contributed by atoms with Crippen LogP contribution in [0.2, 0.25) is 0 Å². The Bertz CT molecular complexity index is 881. The molecule has 1 atom stereocenters. The minimum absolute atomic E-state index is 0.0806. The van der Waals surface area contributed by atoms with E-state index < -0.39 is 10.0 Å². The molecule has 1 saturated heterocycles. The first-order valence-electron chi connectivity index (χ1n) is 8.05. The van der Waals surface area contributed by atoms with Gasteiger partial charge in [0.15, 0.2) is 0 Å². The second-order valence-electron chi connectivity index (χ2n) is 6.04. The Kier molecular flexibility index (Phi) is 5.27. The monoisotopic (exact) mass is 422 g/mol. The summed E-state index contributed by atoms with van der Waals surface area (Å²) in [5.74, 6) is 0.0806. The van der Waals surface area contributed by atoms with Crippen LogP contribution in [0.15, 0.2) is 57.9 Å². The molecule has 2 aromatic carbocycles. The molecule has 0 saturated carbocycles. The highest BCUT2D eigenvalue weighted by Gasteiger charge is 2.23. The Balaban J connectivity index is 1.76. The molecule has 132 valence electrons. The number of nitrogens with zero attached hydrogens (tertiary/aromatic N) is 1. The third kappa shape index (κ3) is 4.11. The summed E-state index contributed by atoms with van der Waals surface area (Å²) in [6.45, 7) is 2.49. The molecule has 7 heteroatoms. The summed E-state index contributed by atoms with van der Waals surface area (Å²) in [6, 6.07) is 13.6. The summed E-state index contributed by atoms with van der Waals surface area (Å²) in [5, 5.41) is 0. The predicted octanol–water partition coefficient (Wildman–Crippen LogP) is 3.62. The van der Waals surface area contributed by atoms with Crippen LogP contribution in [0.5, 0.6) is 0 Å². The first kappa shape index (κ1) is 18.1. The maximum atomic E-state index is 12.6. The van der Waals surface area contributed by atoms with E-state index in [0.29, 0.717) is 13.0 Å². The normalized spacial score (nSPS) is 16.2. The van der Waals surface area contributed by atoms with Crippen molar-refractivity contribution in [2.75, 3.05) is 11.4 Å². The van der Waals surface area contributed by atoms with Gasteiger partial charge in [-0.05, 0) is 55.3 Å². The van der Waals surface area contributed by atoms with E-state index in [9.17, 15) is 13.2 Å². The summed E-state index contributed by atoms with van der Waals surface area (Å²) >= 11 is 3.39. The van der Waals surface area contributed by atoms with E-state index in [4.69, 9.17) is 0 Å². The molecule has 0 aromatic heterocycles. The second kappa shape index (κ2) is 7.27. The predicted molar refractivity (Wildman–Crippen MR) is 101 cm³/mol. The summed E-state index contributed by atoms with van der Waals surface area (Å²) in [4.78, 5) is 13.7. The van der Waals surface area contributed by atoms with Gasteiger partial charge in [-0.15, -0.1) is 0 Å². The van der Waals surface area contributed by atoms with Crippen LogP contribution in [0.4, 0.5) is 5.69 Å². The van der Waals surface area contributed by atoms with Gasteiger partial charge in [-0.2, -0.15) is 0 Å². The number of sulfonamides is 1. The molecule has 0 aliphatic carbocycles. The van der Waals surface area contributed by atoms with E-state index in [-0.39, 0.29) is 16.8 Å². The first-order chi connectivity index (χ1) is 11.9. The third-order valence-corrected chi connectivity index (χ3v) is 6.26. The number of nitrogens with one attached hydrogen (secondary N) is 1. The van der Waals surface area contributed by atoms with Crippen LogP contribution in [-0.2, 0) is 14.8 Å². The molecule has 25 heavy (non-hydrogen) atoms. The van der Waals surface area contributed by atoms with Crippen molar-refractivity contribution in [3.63, 3.8) is 0 Å². The zero-order valence-electron chi connectivity index (χ0n) is 13.8. The van der Waals surface area contributed by atoms with Gasteiger partial charge in [0, 0.05) is 29.2 Å². The molecule has 1 aliphatic heterocycles. The molecule has 0 bridgehead atoms. The lowest BCUT2D eigenvalue weighted by Gasteiger charge is -2.17. The lowest BCUT2D eigenvalue weighted by Crippen LogP contribution is -2.27. The van der Waals surface area contributed by atoms with E-state index in [1.165, 1.54) is 12.1 Å². The average molecular weight is 423 g/mol. The molecule has 1 amide bonds. The lowest BCUT2D eigenvalue weighted by atomic mass is 10.1. The summed E-state index contributed by atoms with van der Waals surface area (Å²) in [5.41, 5.74) is 1.61. The molecular formula is C18H19BrN2O3S. The van der Waals surface area contributed by atoms with Crippen LogP contribution in [-0.4, -0.2) is 20.9 Å². The summed E-state index contributed by atoms with van der Waals surface area (Å²) in [6.07, 6.45) is 1.39. The molecule has 2 aromatic rings. The molecule has 1 heterocycles. The Morgan fingerprint density at radius 2 is 1.88 bits per heavy atom. The molecule has 0 spiro atoms. The topological polar surface area (TPSA) is 66.5 Å². The standard InChI is InChI=1S/C18H19BrN2O3S/c1-13(14-4-2-5-15(19)12-14)20-25(23,24)17-9-7-16(8-10-17)21-11-3-6-18(21)22/h2,4-5,7-10,12-13,20H,3,6,11H2,1H3. The SMILES string of the molecule is CC(NS(=O)(=O)c1ccc(N2CCCC2=O)cc1)c1cccc(Br)c1. The number of hydrogen-bond acceptors (Lipinski definition) is 3. The van der Waals surface area contributed by atoms with Crippen molar-refractivity contribution >= 4 is 37.5 Å². The minimum Gasteiger partial charge on any atom is -0.312 e. The number of benzene rings is 2. The van der Waals surface area contributed by atoms with Gasteiger partial charge >= 0.3 is 0 Å². The zero-order valence-corrected chi connectivity index (χ0v) is 16.2. The number of hydrogen-bond donors (Lipinski definition) is 1. The lowest BCUT2D eigenvalue weighted by molar-refractivity contribution is -0.117. The second-order valence-corrected chi connectivity index (χ2v) is 8.67. The molecule has 1 N–H and O–H groups in total. The Morgan fingerprint density at radius 1 is 1.16 bits per heavy atom. The number of anilines is 1. The van der Waals surface area contributed by atoms with Crippen molar-refractivity contribution in [2.24, 2.45) is 0 Å². The van der Waals surface area contributed by atoms with E-state index >= 15 is 0 Å². The van der Waals surface area contributed by atoms with Crippen LogP contribution in [0.1, 0.15) is 31.4 Å². The van der Waals surface area contributed by atoms with Gasteiger partial charge in [-0.1, -0.05) is 28.1 Å². The van der Waals surface area contributed by atoms with Crippen molar-refractivity contribution in [3.05, 3.63) is 58.6 Å². The van der Waals surface area contributed by atoms with Crippen molar-refractivity contribution in [1.82, 2.24) is 4.72 Å². The number of rotatable bonds is 5. The van der Waals surface area contributed by atoms with Crippen molar-refractivity contribution in [2.45, 2.75) is 30.7 Å². The molecular weight excluding hydrogens is 404 g/mol. The maximum absolute atomic E-state index is 12.6. The van der Waals surface area contributed by atoms with Crippen LogP contribution in [0.25, 0.3) is 0 Å². The maximum Gasteiger partial charge on any atom is 0.241 e. The highest BCUT2D eigenvalue weighted by atomic mass is 79.9. The van der Waals surface area contributed by atoms with Crippen molar-refractivity contribution in [3.8, 4) is 0 Å². The largest absolute Gasteiger partial charge is 0.312 e. The minimum atomic E-state index is -3.64. The molecule has 1 fully saturated rings. The van der Waals surface area contributed by atoms with Gasteiger partial charge < -0.3 is 4.90 Å². The van der Waals surface area contributed by atoms with E-state index in [1.54, 1.807) is 24.0 Å². The average Bonchev–Trinajstić information content (AvgIpc) is 3.00. The summed E-state index contributed by atoms with van der Waals surface area (Å²) < 4.78 is 28.8. The molecule has 1 unspecified atom stereocenters. The number of amides is 1. The van der Waals surface area contributed by atoms with Crippen LogP contribution < -0.4 is 9.62 Å². The van der Waals surface area contributed by atoms with E-state index in [1.807, 2.05) is 24.3 Å². The fraction of sp³-hybridized carbons (Fsp3) is 0.278. The zero-order chi connectivity index (χ0) is 18.0. The van der Waals surface area contributed by atoms with Gasteiger partial charge in [0.1, 0.15) is 0 Å². The molecule has 1 aliphatic rings. The van der Waals surface area contributed by atoms with Crippen LogP contribution >= 0.6 is 15.9 Å². The van der Waals surface area contributed by atoms with Gasteiger partial charge in [0.2, 0.25) is 15.9 Å². The fourth-order valence-corrected chi connectivity index (χ4v) is 4.52. The summed E-state index contributed by atoms with van der Waals surface area (Å²) in [7, 11) is -3.64. The van der Waals surface area contributed by atoms with E-state index in [2.05, 4.69) is 20.7 Å². The van der Waals surface area contributed by atoms with Crippen LogP contribution in [0.3, 0.4) is 0 Å². The fourth-order valence-electron chi connectivity index (χ4n) is 2.87. The number of halogens is 1. The quantitative estimate of drug-likeness (QED) is 0.799. The van der Waals surface area contributed by atoms with Crippen molar-refractivity contribution < 1.29 is 13.2 Å². The van der Waals surface area contributed by atoms with Crippen LogP contribution in [0, 0.1) is 0 Å². The molecule has 5 nitrogen and oxygen atoms in total. The first-order valence-corrected chi connectivity index (χ1v) is 10.3. The Morgan fingerprint density at radius 3 is 2.48 bits per heavy atom. The highest BCUT2D eigenvalue weighted by Crippen LogP contribution is 2.24. The smallest absolute Gasteiger partial charge is 0.241 e. The number of carbonyl (C=O) groups excluding carboxylic acids is 1. The molecule has 3 rings (SSSR count). The van der Waals surface area contributed by atoms with Gasteiger partial charge in [-0.25, -0.2) is 13.1 Å². The Hall–Kier alpha value is -1.70. The van der Waals surface area contributed by atoms with Crippen molar-refractivity contribution in [1.29, 1.82) is 0 Å². The highest BCUT2D eigenvalue weighted by molar-refractivity contribution is 9.10. The van der Waals surface area contributed by atoms with E-state index in [0.717, 1.165) is 22.1 Å². The van der Waals surface area contributed by atoms with Gasteiger partial charge in [0.05, 0.1) is 4.90 Å². The third-order valence-electron chi connectivity index (χ3n) is 4.21. The Labute approximate surface area is 156 Å². The number of carbonyl (C=O) groups is 1.